The Labute approximate surface area is 126 Å². The number of ether oxygens (including phenoxy) is 1. The van der Waals surface area contributed by atoms with Crippen molar-refractivity contribution in [1.29, 1.82) is 0 Å². The van der Waals surface area contributed by atoms with Crippen LogP contribution in [0.1, 0.15) is 35.1 Å². The SMILES string of the molecule is CCOC(=O)c1cn[nH]c1NC(=O)C1CCc2nc[nH]c2C1. The maximum absolute atomic E-state index is 12.4. The van der Waals surface area contributed by atoms with E-state index in [-0.39, 0.29) is 29.8 Å². The van der Waals surface area contributed by atoms with Gasteiger partial charge in [0.05, 0.1) is 24.8 Å². The van der Waals surface area contributed by atoms with Gasteiger partial charge in [0.2, 0.25) is 5.91 Å². The van der Waals surface area contributed by atoms with Gasteiger partial charge in [-0.3, -0.25) is 9.89 Å². The minimum atomic E-state index is -0.508. The lowest BCUT2D eigenvalue weighted by atomic mass is 9.89. The summed E-state index contributed by atoms with van der Waals surface area (Å²) in [5.41, 5.74) is 2.26. The fourth-order valence-corrected chi connectivity index (χ4v) is 2.60. The third kappa shape index (κ3) is 2.72. The number of aromatic amines is 2. The second kappa shape index (κ2) is 6.00. The molecule has 1 atom stereocenters. The molecule has 8 nitrogen and oxygen atoms in total. The maximum Gasteiger partial charge on any atom is 0.343 e. The van der Waals surface area contributed by atoms with Crippen molar-refractivity contribution < 1.29 is 14.3 Å². The lowest BCUT2D eigenvalue weighted by Crippen LogP contribution is -2.29. The number of hydrogen-bond acceptors (Lipinski definition) is 5. The van der Waals surface area contributed by atoms with Crippen molar-refractivity contribution in [3.63, 3.8) is 0 Å². The van der Waals surface area contributed by atoms with Crippen LogP contribution in [0.15, 0.2) is 12.5 Å². The molecular formula is C14H17N5O3. The van der Waals surface area contributed by atoms with Crippen molar-refractivity contribution in [1.82, 2.24) is 20.2 Å². The fourth-order valence-electron chi connectivity index (χ4n) is 2.60. The molecule has 2 heterocycles. The van der Waals surface area contributed by atoms with Crippen molar-refractivity contribution >= 4 is 17.7 Å². The zero-order valence-corrected chi connectivity index (χ0v) is 12.2. The zero-order chi connectivity index (χ0) is 15.5. The van der Waals surface area contributed by atoms with Gasteiger partial charge in [-0.15, -0.1) is 0 Å². The highest BCUT2D eigenvalue weighted by atomic mass is 16.5. The van der Waals surface area contributed by atoms with Crippen LogP contribution in [0.2, 0.25) is 0 Å². The van der Waals surface area contributed by atoms with E-state index in [9.17, 15) is 9.59 Å². The number of amides is 1. The van der Waals surface area contributed by atoms with Gasteiger partial charge in [0.15, 0.2) is 0 Å². The first-order valence-electron chi connectivity index (χ1n) is 7.21. The average Bonchev–Trinajstić information content (AvgIpc) is 3.15. The second-order valence-electron chi connectivity index (χ2n) is 5.14. The molecule has 0 saturated heterocycles. The molecule has 0 spiro atoms. The van der Waals surface area contributed by atoms with Crippen LogP contribution >= 0.6 is 0 Å². The van der Waals surface area contributed by atoms with E-state index >= 15 is 0 Å². The highest BCUT2D eigenvalue weighted by Crippen LogP contribution is 2.24. The summed E-state index contributed by atoms with van der Waals surface area (Å²) in [7, 11) is 0. The van der Waals surface area contributed by atoms with E-state index in [0.717, 1.165) is 24.2 Å². The number of esters is 1. The van der Waals surface area contributed by atoms with Crippen LogP contribution < -0.4 is 5.32 Å². The van der Waals surface area contributed by atoms with Crippen molar-refractivity contribution in [2.24, 2.45) is 5.92 Å². The van der Waals surface area contributed by atoms with Gasteiger partial charge in [-0.2, -0.15) is 5.10 Å². The van der Waals surface area contributed by atoms with Crippen LogP contribution in [-0.2, 0) is 22.4 Å². The van der Waals surface area contributed by atoms with E-state index in [1.54, 1.807) is 13.3 Å². The molecule has 116 valence electrons. The number of imidazole rings is 1. The van der Waals surface area contributed by atoms with Crippen molar-refractivity contribution in [2.45, 2.75) is 26.2 Å². The van der Waals surface area contributed by atoms with Crippen molar-refractivity contribution in [3.05, 3.63) is 29.5 Å². The largest absolute Gasteiger partial charge is 0.462 e. The fraction of sp³-hybridized carbons (Fsp3) is 0.429. The number of aryl methyl sites for hydroxylation is 1. The molecule has 0 saturated carbocycles. The number of rotatable bonds is 4. The number of hydrogen-bond donors (Lipinski definition) is 3. The van der Waals surface area contributed by atoms with Gasteiger partial charge in [-0.05, 0) is 19.8 Å². The van der Waals surface area contributed by atoms with Crippen LogP contribution in [0.5, 0.6) is 0 Å². The monoisotopic (exact) mass is 303 g/mol. The normalized spacial score (nSPS) is 16.9. The molecule has 1 unspecified atom stereocenters. The van der Waals surface area contributed by atoms with Crippen molar-refractivity contribution in [2.75, 3.05) is 11.9 Å². The molecule has 3 rings (SSSR count). The van der Waals surface area contributed by atoms with Gasteiger partial charge < -0.3 is 15.0 Å². The summed E-state index contributed by atoms with van der Waals surface area (Å²) in [5, 5.41) is 9.15. The summed E-state index contributed by atoms with van der Waals surface area (Å²) in [4.78, 5) is 31.4. The molecule has 22 heavy (non-hydrogen) atoms. The molecule has 2 aromatic heterocycles. The van der Waals surface area contributed by atoms with Crippen LogP contribution in [0.25, 0.3) is 0 Å². The summed E-state index contributed by atoms with van der Waals surface area (Å²) >= 11 is 0. The van der Waals surface area contributed by atoms with Gasteiger partial charge >= 0.3 is 5.97 Å². The number of carbonyl (C=O) groups excluding carboxylic acids is 2. The van der Waals surface area contributed by atoms with E-state index in [1.165, 1.54) is 6.20 Å². The van der Waals surface area contributed by atoms with E-state index in [4.69, 9.17) is 4.74 Å². The molecule has 3 N–H and O–H groups in total. The lowest BCUT2D eigenvalue weighted by molar-refractivity contribution is -0.120. The quantitative estimate of drug-likeness (QED) is 0.731. The minimum absolute atomic E-state index is 0.143. The van der Waals surface area contributed by atoms with E-state index in [1.807, 2.05) is 0 Å². The summed E-state index contributed by atoms with van der Waals surface area (Å²) in [6.07, 6.45) is 5.11. The highest BCUT2D eigenvalue weighted by molar-refractivity contribution is 6.00. The Morgan fingerprint density at radius 2 is 2.36 bits per heavy atom. The van der Waals surface area contributed by atoms with Gasteiger partial charge in [0, 0.05) is 18.0 Å². The van der Waals surface area contributed by atoms with Crippen LogP contribution in [0.4, 0.5) is 5.82 Å². The zero-order valence-electron chi connectivity index (χ0n) is 12.2. The summed E-state index contributed by atoms with van der Waals surface area (Å²) in [6.45, 7) is 1.99. The molecule has 0 fully saturated rings. The first-order valence-corrected chi connectivity index (χ1v) is 7.21. The van der Waals surface area contributed by atoms with E-state index in [2.05, 4.69) is 25.5 Å². The molecule has 0 radical (unpaired) electrons. The predicted molar refractivity (Wildman–Crippen MR) is 77.3 cm³/mol. The Morgan fingerprint density at radius 1 is 1.50 bits per heavy atom. The molecular weight excluding hydrogens is 286 g/mol. The molecule has 1 aliphatic carbocycles. The van der Waals surface area contributed by atoms with Crippen LogP contribution in [-0.4, -0.2) is 38.6 Å². The lowest BCUT2D eigenvalue weighted by Gasteiger charge is -2.20. The first-order chi connectivity index (χ1) is 10.7. The van der Waals surface area contributed by atoms with Crippen molar-refractivity contribution in [3.8, 4) is 0 Å². The van der Waals surface area contributed by atoms with Gasteiger partial charge in [-0.1, -0.05) is 0 Å². The van der Waals surface area contributed by atoms with Gasteiger partial charge in [0.25, 0.3) is 0 Å². The average molecular weight is 303 g/mol. The Hall–Kier alpha value is -2.64. The molecule has 0 bridgehead atoms. The van der Waals surface area contributed by atoms with Crippen LogP contribution in [0.3, 0.4) is 0 Å². The summed E-state index contributed by atoms with van der Waals surface area (Å²) in [6, 6.07) is 0. The summed E-state index contributed by atoms with van der Waals surface area (Å²) in [5.74, 6) is -0.536. The van der Waals surface area contributed by atoms with Crippen LogP contribution in [0, 0.1) is 5.92 Å². The molecule has 0 aromatic carbocycles. The standard InChI is InChI=1S/C14H17N5O3/c1-2-22-14(21)9-6-17-19-12(9)18-13(20)8-3-4-10-11(5-8)16-7-15-10/h6-8H,2-5H2,1H3,(H,15,16)(H2,17,18,19,20). The van der Waals surface area contributed by atoms with Gasteiger partial charge in [-0.25, -0.2) is 9.78 Å². The number of H-pyrrole nitrogens is 2. The molecule has 2 aromatic rings. The molecule has 8 heteroatoms. The topological polar surface area (TPSA) is 113 Å². The summed E-state index contributed by atoms with van der Waals surface area (Å²) < 4.78 is 4.93. The molecule has 1 aliphatic rings. The highest BCUT2D eigenvalue weighted by Gasteiger charge is 2.27. The third-order valence-corrected chi connectivity index (χ3v) is 3.74. The second-order valence-corrected chi connectivity index (χ2v) is 5.14. The number of nitrogens with one attached hydrogen (secondary N) is 3. The molecule has 0 aliphatic heterocycles. The maximum atomic E-state index is 12.4. The number of nitrogens with zero attached hydrogens (tertiary/aromatic N) is 2. The van der Waals surface area contributed by atoms with E-state index < -0.39 is 5.97 Å². The van der Waals surface area contributed by atoms with Gasteiger partial charge in [0.1, 0.15) is 11.4 Å². The number of anilines is 1. The first kappa shape index (κ1) is 14.3. The third-order valence-electron chi connectivity index (χ3n) is 3.74. The Bertz CT molecular complexity index is 690. The smallest absolute Gasteiger partial charge is 0.343 e. The Kier molecular flexibility index (Phi) is 3.90. The predicted octanol–water partition coefficient (Wildman–Crippen LogP) is 1.05. The Balaban J connectivity index is 1.68. The number of fused-ring (bicyclic) bond motifs is 1. The van der Waals surface area contributed by atoms with E-state index in [0.29, 0.717) is 6.42 Å². The number of aromatic nitrogens is 4. The number of carbonyl (C=O) groups is 2. The minimum Gasteiger partial charge on any atom is -0.462 e. The Morgan fingerprint density at radius 3 is 3.18 bits per heavy atom. The molecule has 1 amide bonds.